The fraction of sp³-hybridized carbons (Fsp3) is 0.278. The van der Waals surface area contributed by atoms with E-state index in [0.717, 1.165) is 5.69 Å². The summed E-state index contributed by atoms with van der Waals surface area (Å²) in [6, 6.07) is 15.5. The van der Waals surface area contributed by atoms with E-state index in [0.29, 0.717) is 10.7 Å². The summed E-state index contributed by atoms with van der Waals surface area (Å²) in [6.07, 6.45) is 0.280. The standard InChI is InChI=1S/C18H22ClN3O.ClH/c1-12(20)10-18(23)22-15-8-9-17(16(19)11-15)21-13(2)14-6-4-3-5-7-14;/h3-9,11-13,21H,10,20H2,1-2H3,(H,22,23);1H. The highest BCUT2D eigenvalue weighted by molar-refractivity contribution is 6.33. The van der Waals surface area contributed by atoms with E-state index in [1.807, 2.05) is 30.3 Å². The van der Waals surface area contributed by atoms with Gasteiger partial charge in [-0.1, -0.05) is 41.9 Å². The Balaban J connectivity index is 0.00000288. The summed E-state index contributed by atoms with van der Waals surface area (Å²) in [5, 5.41) is 6.73. The molecule has 0 heterocycles. The first-order valence-electron chi connectivity index (χ1n) is 7.62. The van der Waals surface area contributed by atoms with Crippen LogP contribution in [0, 0.1) is 0 Å². The van der Waals surface area contributed by atoms with E-state index in [4.69, 9.17) is 17.3 Å². The number of halogens is 2. The molecule has 0 aliphatic heterocycles. The smallest absolute Gasteiger partial charge is 0.225 e. The van der Waals surface area contributed by atoms with E-state index in [9.17, 15) is 4.79 Å². The molecule has 0 aromatic heterocycles. The quantitative estimate of drug-likeness (QED) is 0.698. The first-order chi connectivity index (χ1) is 11.0. The Morgan fingerprint density at radius 1 is 1.17 bits per heavy atom. The van der Waals surface area contributed by atoms with Gasteiger partial charge in [-0.25, -0.2) is 0 Å². The van der Waals surface area contributed by atoms with Crippen LogP contribution in [0.3, 0.4) is 0 Å². The minimum absolute atomic E-state index is 0. The van der Waals surface area contributed by atoms with Gasteiger partial charge in [-0.05, 0) is 37.6 Å². The predicted molar refractivity (Wildman–Crippen MR) is 104 cm³/mol. The lowest BCUT2D eigenvalue weighted by atomic mass is 10.1. The second kappa shape index (κ2) is 9.52. The van der Waals surface area contributed by atoms with Crippen molar-refractivity contribution in [3.63, 3.8) is 0 Å². The Kier molecular flexibility index (Phi) is 8.05. The van der Waals surface area contributed by atoms with Crippen molar-refractivity contribution in [3.8, 4) is 0 Å². The number of carbonyl (C=O) groups is 1. The second-order valence-corrected chi connectivity index (χ2v) is 6.11. The van der Waals surface area contributed by atoms with Crippen molar-refractivity contribution < 1.29 is 4.79 Å². The zero-order chi connectivity index (χ0) is 16.8. The first-order valence-corrected chi connectivity index (χ1v) is 8.00. The third kappa shape index (κ3) is 6.04. The Hall–Kier alpha value is -1.75. The zero-order valence-electron chi connectivity index (χ0n) is 13.8. The first kappa shape index (κ1) is 20.3. The number of benzene rings is 2. The molecule has 2 aromatic carbocycles. The number of carbonyl (C=O) groups excluding carboxylic acids is 1. The van der Waals surface area contributed by atoms with Gasteiger partial charge in [0.05, 0.1) is 10.7 Å². The molecule has 0 saturated heterocycles. The van der Waals surface area contributed by atoms with E-state index in [2.05, 4.69) is 29.7 Å². The van der Waals surface area contributed by atoms with Gasteiger partial charge in [0.25, 0.3) is 0 Å². The molecule has 6 heteroatoms. The van der Waals surface area contributed by atoms with Crippen LogP contribution in [-0.4, -0.2) is 11.9 Å². The van der Waals surface area contributed by atoms with E-state index < -0.39 is 0 Å². The summed E-state index contributed by atoms with van der Waals surface area (Å²) in [6.45, 7) is 3.87. The lowest BCUT2D eigenvalue weighted by Gasteiger charge is -2.17. The van der Waals surface area contributed by atoms with Gasteiger partial charge in [0.1, 0.15) is 0 Å². The normalized spacial score (nSPS) is 12.7. The Morgan fingerprint density at radius 3 is 2.42 bits per heavy atom. The summed E-state index contributed by atoms with van der Waals surface area (Å²) >= 11 is 6.31. The molecule has 0 aliphatic rings. The van der Waals surface area contributed by atoms with E-state index in [-0.39, 0.29) is 36.8 Å². The molecule has 2 rings (SSSR count). The zero-order valence-corrected chi connectivity index (χ0v) is 15.3. The summed E-state index contributed by atoms with van der Waals surface area (Å²) in [7, 11) is 0. The van der Waals surface area contributed by atoms with Crippen LogP contribution >= 0.6 is 24.0 Å². The highest BCUT2D eigenvalue weighted by Crippen LogP contribution is 2.29. The topological polar surface area (TPSA) is 67.2 Å². The van der Waals surface area contributed by atoms with E-state index in [1.165, 1.54) is 5.56 Å². The number of nitrogens with one attached hydrogen (secondary N) is 2. The van der Waals surface area contributed by atoms with Crippen molar-refractivity contribution in [1.82, 2.24) is 0 Å². The largest absolute Gasteiger partial charge is 0.377 e. The van der Waals surface area contributed by atoms with Crippen molar-refractivity contribution in [3.05, 3.63) is 59.1 Å². The average molecular weight is 368 g/mol. The van der Waals surface area contributed by atoms with Crippen LogP contribution in [0.4, 0.5) is 11.4 Å². The van der Waals surface area contributed by atoms with Crippen molar-refractivity contribution in [2.24, 2.45) is 5.73 Å². The molecule has 0 radical (unpaired) electrons. The van der Waals surface area contributed by atoms with E-state index in [1.54, 1.807) is 13.0 Å². The van der Waals surface area contributed by atoms with Gasteiger partial charge >= 0.3 is 0 Å². The molecule has 24 heavy (non-hydrogen) atoms. The molecule has 1 amide bonds. The lowest BCUT2D eigenvalue weighted by Crippen LogP contribution is -2.23. The van der Waals surface area contributed by atoms with E-state index >= 15 is 0 Å². The molecular weight excluding hydrogens is 345 g/mol. The monoisotopic (exact) mass is 367 g/mol. The highest BCUT2D eigenvalue weighted by atomic mass is 35.5. The highest BCUT2D eigenvalue weighted by Gasteiger charge is 2.10. The third-order valence-corrected chi connectivity index (χ3v) is 3.74. The second-order valence-electron chi connectivity index (χ2n) is 5.70. The molecular formula is C18H23Cl2N3O. The number of nitrogens with two attached hydrogens (primary N) is 1. The fourth-order valence-corrected chi connectivity index (χ4v) is 2.51. The van der Waals surface area contributed by atoms with Crippen molar-refractivity contribution >= 4 is 41.3 Å². The number of hydrogen-bond donors (Lipinski definition) is 3. The van der Waals surface area contributed by atoms with Gasteiger partial charge in [-0.15, -0.1) is 12.4 Å². The van der Waals surface area contributed by atoms with Crippen LogP contribution in [-0.2, 0) is 4.79 Å². The van der Waals surface area contributed by atoms with Crippen molar-refractivity contribution in [2.45, 2.75) is 32.4 Å². The summed E-state index contributed by atoms with van der Waals surface area (Å²) in [5.74, 6) is -0.116. The minimum atomic E-state index is -0.168. The summed E-state index contributed by atoms with van der Waals surface area (Å²) in [5.41, 5.74) is 8.29. The fourth-order valence-electron chi connectivity index (χ4n) is 2.27. The van der Waals surface area contributed by atoms with Crippen LogP contribution in [0.2, 0.25) is 5.02 Å². The van der Waals surface area contributed by atoms with Crippen molar-refractivity contribution in [2.75, 3.05) is 10.6 Å². The SMILES string of the molecule is CC(N)CC(=O)Nc1ccc(NC(C)c2ccccc2)c(Cl)c1.Cl. The van der Waals surface area contributed by atoms with Crippen LogP contribution in [0.1, 0.15) is 31.9 Å². The van der Waals surface area contributed by atoms with Gasteiger partial charge in [-0.2, -0.15) is 0 Å². The minimum Gasteiger partial charge on any atom is -0.377 e. The molecule has 0 saturated carbocycles. The van der Waals surface area contributed by atoms with Gasteiger partial charge < -0.3 is 16.4 Å². The average Bonchev–Trinajstić information content (AvgIpc) is 2.50. The molecule has 130 valence electrons. The maximum absolute atomic E-state index is 11.7. The number of rotatable bonds is 6. The van der Waals surface area contributed by atoms with Crippen molar-refractivity contribution in [1.29, 1.82) is 0 Å². The number of hydrogen-bond acceptors (Lipinski definition) is 3. The van der Waals surface area contributed by atoms with Crippen LogP contribution in [0.5, 0.6) is 0 Å². The van der Waals surface area contributed by atoms with Gasteiger partial charge in [0.15, 0.2) is 0 Å². The molecule has 2 unspecified atom stereocenters. The lowest BCUT2D eigenvalue weighted by molar-refractivity contribution is -0.116. The molecule has 2 atom stereocenters. The van der Waals surface area contributed by atoms with Gasteiger partial charge in [0, 0.05) is 24.2 Å². The number of anilines is 2. The maximum atomic E-state index is 11.7. The predicted octanol–water partition coefficient (Wildman–Crippen LogP) is 4.61. The van der Waals surface area contributed by atoms with Crippen LogP contribution < -0.4 is 16.4 Å². The molecule has 0 fully saturated rings. The third-order valence-electron chi connectivity index (χ3n) is 3.43. The Bertz CT molecular complexity index is 663. The Labute approximate surface area is 154 Å². The Morgan fingerprint density at radius 2 is 1.83 bits per heavy atom. The van der Waals surface area contributed by atoms with Gasteiger partial charge in [0.2, 0.25) is 5.91 Å². The molecule has 0 spiro atoms. The summed E-state index contributed by atoms with van der Waals surface area (Å²) in [4.78, 5) is 11.7. The van der Waals surface area contributed by atoms with Gasteiger partial charge in [-0.3, -0.25) is 4.79 Å². The molecule has 2 aromatic rings. The molecule has 0 bridgehead atoms. The van der Waals surface area contributed by atoms with Crippen LogP contribution in [0.25, 0.3) is 0 Å². The number of amides is 1. The molecule has 4 N–H and O–H groups in total. The van der Waals surface area contributed by atoms with Crippen LogP contribution in [0.15, 0.2) is 48.5 Å². The maximum Gasteiger partial charge on any atom is 0.225 e. The molecule has 4 nitrogen and oxygen atoms in total. The molecule has 0 aliphatic carbocycles. The summed E-state index contributed by atoms with van der Waals surface area (Å²) < 4.78 is 0.